The molecule has 1 rings (SSSR count). The molecule has 0 spiro atoms. The molecule has 0 bridgehead atoms. The van der Waals surface area contributed by atoms with Gasteiger partial charge in [-0.05, 0) is 31.1 Å². The zero-order valence-electron chi connectivity index (χ0n) is 9.67. The highest BCUT2D eigenvalue weighted by atomic mass is 16.2. The lowest BCUT2D eigenvalue weighted by molar-refractivity contribution is 0.279. The maximum atomic E-state index is 8.70. The molecule has 1 nitrogen and oxygen atoms in total. The van der Waals surface area contributed by atoms with Gasteiger partial charge in [-0.15, -0.1) is 0 Å². The summed E-state index contributed by atoms with van der Waals surface area (Å²) >= 11 is 0. The van der Waals surface area contributed by atoms with E-state index in [0.717, 1.165) is 18.3 Å². The molecule has 1 fully saturated rings. The van der Waals surface area contributed by atoms with Crippen molar-refractivity contribution in [2.45, 2.75) is 64.7 Å². The van der Waals surface area contributed by atoms with E-state index in [9.17, 15) is 0 Å². The van der Waals surface area contributed by atoms with Gasteiger partial charge in [0.25, 0.3) is 0 Å². The van der Waals surface area contributed by atoms with E-state index >= 15 is 0 Å². The second kappa shape index (κ2) is 7.28. The summed E-state index contributed by atoms with van der Waals surface area (Å²) in [5.41, 5.74) is 0. The van der Waals surface area contributed by atoms with Crippen molar-refractivity contribution in [1.29, 1.82) is 0 Å². The van der Waals surface area contributed by atoms with Crippen LogP contribution in [-0.4, -0.2) is 11.7 Å². The first-order chi connectivity index (χ1) is 6.88. The van der Waals surface area contributed by atoms with Crippen molar-refractivity contribution in [3.05, 3.63) is 0 Å². The molecule has 0 saturated heterocycles. The molecule has 1 N–H and O–H groups in total. The molecule has 1 heteroatoms. The van der Waals surface area contributed by atoms with Crippen molar-refractivity contribution in [2.24, 2.45) is 11.8 Å². The van der Waals surface area contributed by atoms with Crippen molar-refractivity contribution < 1.29 is 5.11 Å². The molecule has 2 unspecified atom stereocenters. The van der Waals surface area contributed by atoms with Crippen LogP contribution in [0.5, 0.6) is 0 Å². The number of unbranched alkanes of at least 4 members (excludes halogenated alkanes) is 4. The van der Waals surface area contributed by atoms with E-state index < -0.39 is 0 Å². The molecule has 0 heterocycles. The van der Waals surface area contributed by atoms with Crippen LogP contribution >= 0.6 is 0 Å². The molecule has 1 aliphatic carbocycles. The van der Waals surface area contributed by atoms with Gasteiger partial charge in [-0.1, -0.05) is 45.4 Å². The Hall–Kier alpha value is -0.0400. The van der Waals surface area contributed by atoms with Gasteiger partial charge in [-0.2, -0.15) is 0 Å². The van der Waals surface area contributed by atoms with E-state index in [2.05, 4.69) is 6.92 Å². The van der Waals surface area contributed by atoms with Crippen LogP contribution in [0, 0.1) is 11.8 Å². The molecule has 0 aliphatic heterocycles. The molecule has 1 aliphatic rings. The predicted octanol–water partition coefficient (Wildman–Crippen LogP) is 3.76. The molecule has 0 aromatic rings. The van der Waals surface area contributed by atoms with Gasteiger partial charge in [0.1, 0.15) is 0 Å². The average Bonchev–Trinajstić information content (AvgIpc) is 2.93. The lowest BCUT2D eigenvalue weighted by Gasteiger charge is -2.00. The average molecular weight is 198 g/mol. The molecule has 14 heavy (non-hydrogen) atoms. The third-order valence-electron chi connectivity index (χ3n) is 3.48. The van der Waals surface area contributed by atoms with Gasteiger partial charge in [-0.25, -0.2) is 0 Å². The lowest BCUT2D eigenvalue weighted by Crippen LogP contribution is -1.88. The Labute approximate surface area is 88.9 Å². The number of aliphatic hydroxyl groups is 1. The van der Waals surface area contributed by atoms with Crippen LogP contribution < -0.4 is 0 Å². The number of hydrogen-bond acceptors (Lipinski definition) is 1. The largest absolute Gasteiger partial charge is 0.396 e. The zero-order chi connectivity index (χ0) is 10.2. The molecule has 0 radical (unpaired) electrons. The maximum Gasteiger partial charge on any atom is 0.0431 e. The number of rotatable bonds is 9. The minimum atomic E-state index is 0.389. The van der Waals surface area contributed by atoms with E-state index in [1.807, 2.05) is 0 Å². The van der Waals surface area contributed by atoms with Crippen LogP contribution in [0.15, 0.2) is 0 Å². The van der Waals surface area contributed by atoms with Crippen molar-refractivity contribution in [3.8, 4) is 0 Å². The Morgan fingerprint density at radius 3 is 2.21 bits per heavy atom. The third-order valence-corrected chi connectivity index (χ3v) is 3.48. The molecule has 0 aromatic carbocycles. The quantitative estimate of drug-likeness (QED) is 0.559. The zero-order valence-corrected chi connectivity index (χ0v) is 9.67. The molecule has 0 amide bonds. The van der Waals surface area contributed by atoms with E-state index in [-0.39, 0.29) is 0 Å². The lowest BCUT2D eigenvalue weighted by atomic mass is 10.1. The monoisotopic (exact) mass is 198 g/mol. The Bertz CT molecular complexity index is 133. The van der Waals surface area contributed by atoms with Crippen molar-refractivity contribution in [1.82, 2.24) is 0 Å². The highest BCUT2D eigenvalue weighted by Gasteiger charge is 2.34. The Morgan fingerprint density at radius 1 is 0.929 bits per heavy atom. The summed E-state index contributed by atoms with van der Waals surface area (Å²) in [7, 11) is 0. The summed E-state index contributed by atoms with van der Waals surface area (Å²) in [6.45, 7) is 2.66. The summed E-state index contributed by atoms with van der Waals surface area (Å²) in [5, 5.41) is 8.70. The molecule has 0 aromatic heterocycles. The summed E-state index contributed by atoms with van der Waals surface area (Å²) in [5.74, 6) is 2.01. The number of hydrogen-bond donors (Lipinski definition) is 1. The van der Waals surface area contributed by atoms with Gasteiger partial charge in [0.05, 0.1) is 0 Å². The van der Waals surface area contributed by atoms with E-state index in [4.69, 9.17) is 5.11 Å². The van der Waals surface area contributed by atoms with Crippen LogP contribution in [0.25, 0.3) is 0 Å². The minimum absolute atomic E-state index is 0.389. The normalized spacial score (nSPS) is 25.3. The molecule has 1 saturated carbocycles. The second-order valence-corrected chi connectivity index (χ2v) is 4.82. The third kappa shape index (κ3) is 4.99. The van der Waals surface area contributed by atoms with Crippen LogP contribution in [0.1, 0.15) is 64.7 Å². The summed E-state index contributed by atoms with van der Waals surface area (Å²) in [4.78, 5) is 0. The SMILES string of the molecule is CCCCCCCC1CC1CCCO. The highest BCUT2D eigenvalue weighted by molar-refractivity contribution is 4.85. The van der Waals surface area contributed by atoms with Crippen molar-refractivity contribution >= 4 is 0 Å². The first-order valence-electron chi connectivity index (χ1n) is 6.49. The van der Waals surface area contributed by atoms with Crippen LogP contribution in [-0.2, 0) is 0 Å². The highest BCUT2D eigenvalue weighted by Crippen LogP contribution is 2.45. The predicted molar refractivity (Wildman–Crippen MR) is 61.3 cm³/mol. The maximum absolute atomic E-state index is 8.70. The Balaban J connectivity index is 1.80. The van der Waals surface area contributed by atoms with Gasteiger partial charge in [-0.3, -0.25) is 0 Å². The van der Waals surface area contributed by atoms with Crippen LogP contribution in [0.4, 0.5) is 0 Å². The molecule has 2 atom stereocenters. The van der Waals surface area contributed by atoms with E-state index in [1.54, 1.807) is 0 Å². The van der Waals surface area contributed by atoms with Crippen molar-refractivity contribution in [3.63, 3.8) is 0 Å². The van der Waals surface area contributed by atoms with Gasteiger partial charge in [0.2, 0.25) is 0 Å². The van der Waals surface area contributed by atoms with Gasteiger partial charge in [0.15, 0.2) is 0 Å². The Kier molecular flexibility index (Phi) is 6.25. The molecular weight excluding hydrogens is 172 g/mol. The first kappa shape index (κ1) is 12.0. The fraction of sp³-hybridized carbons (Fsp3) is 1.00. The van der Waals surface area contributed by atoms with Crippen LogP contribution in [0.2, 0.25) is 0 Å². The smallest absolute Gasteiger partial charge is 0.0431 e. The van der Waals surface area contributed by atoms with Gasteiger partial charge >= 0.3 is 0 Å². The standard InChI is InChI=1S/C13H26O/c1-2-3-4-5-6-8-12-11-13(12)9-7-10-14/h12-14H,2-11H2,1H3. The van der Waals surface area contributed by atoms with E-state index in [1.165, 1.54) is 51.4 Å². The van der Waals surface area contributed by atoms with E-state index in [0.29, 0.717) is 6.61 Å². The molecule has 84 valence electrons. The topological polar surface area (TPSA) is 20.2 Å². The second-order valence-electron chi connectivity index (χ2n) is 4.82. The summed E-state index contributed by atoms with van der Waals surface area (Å²) in [6, 6.07) is 0. The fourth-order valence-corrected chi connectivity index (χ4v) is 2.38. The minimum Gasteiger partial charge on any atom is -0.396 e. The molecular formula is C13H26O. The summed E-state index contributed by atoms with van der Waals surface area (Å²) < 4.78 is 0. The summed E-state index contributed by atoms with van der Waals surface area (Å²) in [6.07, 6.45) is 12.3. The van der Waals surface area contributed by atoms with Gasteiger partial charge in [0, 0.05) is 6.61 Å². The number of aliphatic hydroxyl groups excluding tert-OH is 1. The first-order valence-corrected chi connectivity index (χ1v) is 6.49. The fourth-order valence-electron chi connectivity index (χ4n) is 2.38. The Morgan fingerprint density at radius 2 is 1.57 bits per heavy atom. The van der Waals surface area contributed by atoms with Crippen molar-refractivity contribution in [2.75, 3.05) is 6.61 Å². The van der Waals surface area contributed by atoms with Gasteiger partial charge < -0.3 is 5.11 Å². The van der Waals surface area contributed by atoms with Crippen LogP contribution in [0.3, 0.4) is 0 Å².